The summed E-state index contributed by atoms with van der Waals surface area (Å²) in [5.41, 5.74) is -0.209. The van der Waals surface area contributed by atoms with Crippen molar-refractivity contribution in [2.75, 3.05) is 4.90 Å². The first-order valence-corrected chi connectivity index (χ1v) is 6.90. The fourth-order valence-electron chi connectivity index (χ4n) is 3.52. The van der Waals surface area contributed by atoms with Crippen LogP contribution in [0.15, 0.2) is 36.4 Å². The molecule has 0 unspecified atom stereocenters. The second-order valence-electron chi connectivity index (χ2n) is 5.59. The number of carbonyl (C=O) groups is 2. The summed E-state index contributed by atoms with van der Waals surface area (Å²) in [6.45, 7) is 1.86. The van der Waals surface area contributed by atoms with Gasteiger partial charge in [0.15, 0.2) is 0 Å². The number of nitrogens with zero attached hydrogens (tertiary/aromatic N) is 1. The maximum absolute atomic E-state index is 12.7. The van der Waals surface area contributed by atoms with Crippen LogP contribution in [0.25, 0.3) is 0 Å². The fourth-order valence-corrected chi connectivity index (χ4v) is 3.74. The predicted molar refractivity (Wildman–Crippen MR) is 73.3 cm³/mol. The van der Waals surface area contributed by atoms with Crippen LogP contribution in [0.5, 0.6) is 0 Å². The zero-order chi connectivity index (χ0) is 14.1. The third-order valence-corrected chi connectivity index (χ3v) is 4.74. The maximum atomic E-state index is 12.7. The van der Waals surface area contributed by atoms with Gasteiger partial charge in [0.25, 0.3) is 0 Å². The Labute approximate surface area is 121 Å². The number of amides is 2. The zero-order valence-corrected chi connectivity index (χ0v) is 11.5. The van der Waals surface area contributed by atoms with Crippen LogP contribution < -0.4 is 4.90 Å². The van der Waals surface area contributed by atoms with Gasteiger partial charge in [-0.3, -0.25) is 9.59 Å². The van der Waals surface area contributed by atoms with Gasteiger partial charge in [-0.15, -0.1) is 0 Å². The SMILES string of the molecule is C[C@@]12C=C[C@@H](O1)[C@H]1C(=O)N(c3ccccc3Cl)C(=O)[C@H]12. The van der Waals surface area contributed by atoms with Gasteiger partial charge in [-0.05, 0) is 19.1 Å². The topological polar surface area (TPSA) is 46.6 Å². The second-order valence-corrected chi connectivity index (χ2v) is 6.00. The van der Waals surface area contributed by atoms with Gasteiger partial charge in [0.05, 0.1) is 34.3 Å². The quantitative estimate of drug-likeness (QED) is 0.588. The Kier molecular flexibility index (Phi) is 2.25. The Bertz CT molecular complexity index is 671. The molecule has 20 heavy (non-hydrogen) atoms. The first-order valence-electron chi connectivity index (χ1n) is 6.52. The monoisotopic (exact) mass is 289 g/mol. The van der Waals surface area contributed by atoms with E-state index in [1.165, 1.54) is 4.90 Å². The molecule has 3 aliphatic heterocycles. The Hall–Kier alpha value is -1.65. The van der Waals surface area contributed by atoms with Crippen molar-refractivity contribution in [3.63, 3.8) is 0 Å². The van der Waals surface area contributed by atoms with Crippen LogP contribution in [0, 0.1) is 11.8 Å². The molecule has 4 nitrogen and oxygen atoms in total. The van der Waals surface area contributed by atoms with Crippen molar-refractivity contribution in [1.29, 1.82) is 0 Å². The average Bonchev–Trinajstić information content (AvgIpc) is 3.01. The third-order valence-electron chi connectivity index (χ3n) is 4.42. The molecule has 0 radical (unpaired) electrons. The number of anilines is 1. The van der Waals surface area contributed by atoms with E-state index in [0.717, 1.165) is 0 Å². The summed E-state index contributed by atoms with van der Waals surface area (Å²) in [6.07, 6.45) is 3.47. The minimum absolute atomic E-state index is 0.217. The number of fused-ring (bicyclic) bond motifs is 5. The lowest BCUT2D eigenvalue weighted by atomic mass is 9.78. The second kappa shape index (κ2) is 3.71. The summed E-state index contributed by atoms with van der Waals surface area (Å²) < 4.78 is 5.77. The molecule has 2 saturated heterocycles. The van der Waals surface area contributed by atoms with E-state index in [0.29, 0.717) is 10.7 Å². The van der Waals surface area contributed by atoms with Crippen LogP contribution in [-0.2, 0) is 14.3 Å². The van der Waals surface area contributed by atoms with E-state index in [1.807, 2.05) is 19.1 Å². The molecule has 1 aromatic carbocycles. The Morgan fingerprint density at radius 3 is 2.70 bits per heavy atom. The van der Waals surface area contributed by atoms with E-state index in [-0.39, 0.29) is 17.9 Å². The summed E-state index contributed by atoms with van der Waals surface area (Å²) in [4.78, 5) is 26.5. The van der Waals surface area contributed by atoms with Crippen molar-refractivity contribution in [3.8, 4) is 0 Å². The van der Waals surface area contributed by atoms with Crippen molar-refractivity contribution in [3.05, 3.63) is 41.4 Å². The molecule has 0 aromatic heterocycles. The molecule has 1 aromatic rings. The molecule has 3 heterocycles. The summed E-state index contributed by atoms with van der Waals surface area (Å²) >= 11 is 6.12. The van der Waals surface area contributed by atoms with E-state index in [9.17, 15) is 9.59 Å². The standard InChI is InChI=1S/C15H12ClNO3/c1-15-7-6-10(20-15)11-12(15)14(19)17(13(11)18)9-5-3-2-4-8(9)16/h2-7,10-12H,1H3/t10-,11-,12+,15+/m1/s1. The summed E-state index contributed by atoms with van der Waals surface area (Å²) in [5.74, 6) is -1.30. The van der Waals surface area contributed by atoms with Gasteiger partial charge in [-0.25, -0.2) is 4.90 Å². The van der Waals surface area contributed by atoms with E-state index in [1.54, 1.807) is 24.3 Å². The van der Waals surface area contributed by atoms with Crippen LogP contribution in [-0.4, -0.2) is 23.5 Å². The summed E-state index contributed by atoms with van der Waals surface area (Å²) in [5, 5.41) is 0.403. The minimum Gasteiger partial charge on any atom is -0.362 e. The number of hydrogen-bond donors (Lipinski definition) is 0. The highest BCUT2D eigenvalue weighted by atomic mass is 35.5. The van der Waals surface area contributed by atoms with Crippen molar-refractivity contribution >= 4 is 29.1 Å². The predicted octanol–water partition coefficient (Wildman–Crippen LogP) is 2.17. The van der Waals surface area contributed by atoms with Gasteiger partial charge in [0, 0.05) is 0 Å². The third kappa shape index (κ3) is 1.30. The van der Waals surface area contributed by atoms with Gasteiger partial charge in [-0.2, -0.15) is 0 Å². The lowest BCUT2D eigenvalue weighted by molar-refractivity contribution is -0.126. The first kappa shape index (κ1) is 12.1. The number of benzene rings is 1. The molecule has 3 aliphatic rings. The molecule has 5 heteroatoms. The normalized spacial score (nSPS) is 37.9. The molecule has 0 saturated carbocycles. The van der Waals surface area contributed by atoms with Crippen molar-refractivity contribution < 1.29 is 14.3 Å². The Morgan fingerprint density at radius 2 is 2.00 bits per heavy atom. The van der Waals surface area contributed by atoms with Crippen molar-refractivity contribution in [2.24, 2.45) is 11.8 Å². The van der Waals surface area contributed by atoms with Crippen LogP contribution in [0.2, 0.25) is 5.02 Å². The molecule has 2 bridgehead atoms. The molecule has 0 aliphatic carbocycles. The van der Waals surface area contributed by atoms with Crippen LogP contribution >= 0.6 is 11.6 Å². The summed E-state index contributed by atoms with van der Waals surface area (Å²) in [6, 6.07) is 6.91. The van der Waals surface area contributed by atoms with Crippen molar-refractivity contribution in [2.45, 2.75) is 18.6 Å². The molecule has 0 N–H and O–H groups in total. The molecule has 102 valence electrons. The number of halogens is 1. The van der Waals surface area contributed by atoms with Crippen LogP contribution in [0.4, 0.5) is 5.69 Å². The Morgan fingerprint density at radius 1 is 1.25 bits per heavy atom. The Balaban J connectivity index is 1.82. The number of para-hydroxylation sites is 1. The minimum atomic E-state index is -0.669. The van der Waals surface area contributed by atoms with Gasteiger partial charge in [-0.1, -0.05) is 35.9 Å². The van der Waals surface area contributed by atoms with E-state index in [2.05, 4.69) is 0 Å². The summed E-state index contributed by atoms with van der Waals surface area (Å²) in [7, 11) is 0. The highest BCUT2D eigenvalue weighted by Crippen LogP contribution is 2.52. The maximum Gasteiger partial charge on any atom is 0.241 e. The number of ether oxygens (including phenoxy) is 1. The smallest absolute Gasteiger partial charge is 0.241 e. The van der Waals surface area contributed by atoms with Gasteiger partial charge in [0.2, 0.25) is 11.8 Å². The van der Waals surface area contributed by atoms with Crippen molar-refractivity contribution in [1.82, 2.24) is 0 Å². The number of carbonyl (C=O) groups excluding carboxylic acids is 2. The van der Waals surface area contributed by atoms with Gasteiger partial charge in [0.1, 0.15) is 0 Å². The molecule has 2 amide bonds. The lowest BCUT2D eigenvalue weighted by Crippen LogP contribution is -2.38. The lowest BCUT2D eigenvalue weighted by Gasteiger charge is -2.24. The first-order chi connectivity index (χ1) is 9.53. The van der Waals surface area contributed by atoms with Gasteiger partial charge >= 0.3 is 0 Å². The highest BCUT2D eigenvalue weighted by molar-refractivity contribution is 6.36. The molecule has 2 fully saturated rings. The highest BCUT2D eigenvalue weighted by Gasteiger charge is 2.66. The van der Waals surface area contributed by atoms with Crippen LogP contribution in [0.3, 0.4) is 0 Å². The van der Waals surface area contributed by atoms with E-state index < -0.39 is 17.4 Å². The number of imide groups is 1. The number of hydrogen-bond acceptors (Lipinski definition) is 3. The average molecular weight is 290 g/mol. The number of rotatable bonds is 1. The molecule has 4 atom stereocenters. The van der Waals surface area contributed by atoms with E-state index >= 15 is 0 Å². The van der Waals surface area contributed by atoms with E-state index in [4.69, 9.17) is 16.3 Å². The molecular weight excluding hydrogens is 278 g/mol. The molecule has 4 rings (SSSR count). The largest absolute Gasteiger partial charge is 0.362 e. The van der Waals surface area contributed by atoms with Crippen LogP contribution in [0.1, 0.15) is 6.92 Å². The molecule has 0 spiro atoms. The fraction of sp³-hybridized carbons (Fsp3) is 0.333. The van der Waals surface area contributed by atoms with Gasteiger partial charge < -0.3 is 4.74 Å². The zero-order valence-electron chi connectivity index (χ0n) is 10.7. The molecular formula is C15H12ClNO3.